The second kappa shape index (κ2) is 5.25. The van der Waals surface area contributed by atoms with Crippen LogP contribution in [0.2, 0.25) is 0 Å². The smallest absolute Gasteiger partial charge is 0.262 e. The summed E-state index contributed by atoms with van der Waals surface area (Å²) in [5.41, 5.74) is 4.23. The van der Waals surface area contributed by atoms with Crippen LogP contribution < -0.4 is 15.4 Å². The van der Waals surface area contributed by atoms with Crippen molar-refractivity contribution < 1.29 is 9.53 Å². The van der Waals surface area contributed by atoms with E-state index in [1.807, 2.05) is 25.2 Å². The Morgan fingerprint density at radius 3 is 2.65 bits per heavy atom. The highest BCUT2D eigenvalue weighted by atomic mass is 16.5. The molecule has 0 aromatic heterocycles. The lowest BCUT2D eigenvalue weighted by atomic mass is 10.0. The molecule has 0 unspecified atom stereocenters. The molecular weight excluding hydrogens is 252 g/mol. The van der Waals surface area contributed by atoms with Gasteiger partial charge in [0.2, 0.25) is 0 Å². The number of benzene rings is 2. The van der Waals surface area contributed by atoms with E-state index in [9.17, 15) is 4.79 Å². The summed E-state index contributed by atoms with van der Waals surface area (Å²) in [4.78, 5) is 11.3. The van der Waals surface area contributed by atoms with Crippen molar-refractivity contribution >= 4 is 17.3 Å². The van der Waals surface area contributed by atoms with Crippen molar-refractivity contribution in [1.82, 2.24) is 0 Å². The topological polar surface area (TPSA) is 50.4 Å². The van der Waals surface area contributed by atoms with Gasteiger partial charge in [0.1, 0.15) is 5.75 Å². The maximum atomic E-state index is 11.3. The van der Waals surface area contributed by atoms with Gasteiger partial charge in [0.15, 0.2) is 6.61 Å². The van der Waals surface area contributed by atoms with Crippen molar-refractivity contribution in [2.24, 2.45) is 0 Å². The first-order chi connectivity index (χ1) is 9.74. The molecule has 0 spiro atoms. The molecule has 0 atom stereocenters. The SMILES string of the molecule is CNc1ccc(Cc2ccc3c(c2)NC(=O)CO3)cc1. The Morgan fingerprint density at radius 1 is 1.15 bits per heavy atom. The zero-order valence-electron chi connectivity index (χ0n) is 11.3. The first-order valence-electron chi connectivity index (χ1n) is 6.57. The molecule has 0 fully saturated rings. The Morgan fingerprint density at radius 2 is 1.90 bits per heavy atom. The molecule has 2 N–H and O–H groups in total. The third kappa shape index (κ3) is 2.59. The summed E-state index contributed by atoms with van der Waals surface area (Å²) in [5.74, 6) is 0.631. The molecule has 2 aromatic rings. The summed E-state index contributed by atoms with van der Waals surface area (Å²) in [6.45, 7) is 0.0951. The number of nitrogens with one attached hydrogen (secondary N) is 2. The van der Waals surface area contributed by atoms with E-state index in [1.165, 1.54) is 5.56 Å². The molecule has 2 aromatic carbocycles. The van der Waals surface area contributed by atoms with Gasteiger partial charge in [-0.05, 0) is 41.8 Å². The predicted octanol–water partition coefficient (Wildman–Crippen LogP) is 2.65. The monoisotopic (exact) mass is 268 g/mol. The number of hydrogen-bond acceptors (Lipinski definition) is 3. The number of amides is 1. The first-order valence-corrected chi connectivity index (χ1v) is 6.57. The molecule has 0 saturated carbocycles. The fraction of sp³-hybridized carbons (Fsp3) is 0.188. The highest BCUT2D eigenvalue weighted by Crippen LogP contribution is 2.29. The van der Waals surface area contributed by atoms with Gasteiger partial charge < -0.3 is 15.4 Å². The fourth-order valence-corrected chi connectivity index (χ4v) is 2.27. The zero-order valence-corrected chi connectivity index (χ0v) is 11.3. The molecule has 3 rings (SSSR count). The van der Waals surface area contributed by atoms with Gasteiger partial charge in [-0.1, -0.05) is 18.2 Å². The molecule has 1 heterocycles. The van der Waals surface area contributed by atoms with E-state index in [4.69, 9.17) is 4.74 Å². The number of anilines is 2. The fourth-order valence-electron chi connectivity index (χ4n) is 2.27. The average Bonchev–Trinajstić information content (AvgIpc) is 2.47. The molecule has 0 bridgehead atoms. The molecule has 4 heteroatoms. The van der Waals surface area contributed by atoms with Crippen LogP contribution in [0.25, 0.3) is 0 Å². The lowest BCUT2D eigenvalue weighted by Crippen LogP contribution is -2.25. The Balaban J connectivity index is 1.80. The van der Waals surface area contributed by atoms with Crippen LogP contribution in [-0.4, -0.2) is 19.6 Å². The molecule has 102 valence electrons. The molecule has 4 nitrogen and oxygen atoms in total. The van der Waals surface area contributed by atoms with Crippen molar-refractivity contribution in [3.05, 3.63) is 53.6 Å². The van der Waals surface area contributed by atoms with E-state index >= 15 is 0 Å². The second-order valence-corrected chi connectivity index (χ2v) is 4.79. The maximum Gasteiger partial charge on any atom is 0.262 e. The third-order valence-corrected chi connectivity index (χ3v) is 3.33. The van der Waals surface area contributed by atoms with Crippen LogP contribution in [0.4, 0.5) is 11.4 Å². The molecule has 20 heavy (non-hydrogen) atoms. The van der Waals surface area contributed by atoms with Crippen molar-refractivity contribution in [2.45, 2.75) is 6.42 Å². The summed E-state index contributed by atoms with van der Waals surface area (Å²) in [6.07, 6.45) is 0.827. The summed E-state index contributed by atoms with van der Waals surface area (Å²) in [6, 6.07) is 14.2. The van der Waals surface area contributed by atoms with Gasteiger partial charge in [-0.3, -0.25) is 4.79 Å². The van der Waals surface area contributed by atoms with E-state index in [2.05, 4.69) is 34.9 Å². The first kappa shape index (κ1) is 12.5. The Hall–Kier alpha value is -2.49. The number of rotatable bonds is 3. The minimum atomic E-state index is -0.104. The van der Waals surface area contributed by atoms with Gasteiger partial charge in [0.05, 0.1) is 5.69 Å². The number of ether oxygens (including phenoxy) is 1. The zero-order chi connectivity index (χ0) is 13.9. The Bertz CT molecular complexity index is 635. The van der Waals surface area contributed by atoms with Crippen molar-refractivity contribution in [3.8, 4) is 5.75 Å². The summed E-state index contributed by atoms with van der Waals surface area (Å²) < 4.78 is 5.35. The van der Waals surface area contributed by atoms with Crippen LogP contribution in [0.15, 0.2) is 42.5 Å². The molecule has 1 amide bonds. The molecule has 1 aliphatic heterocycles. The van der Waals surface area contributed by atoms with Gasteiger partial charge >= 0.3 is 0 Å². The summed E-state index contributed by atoms with van der Waals surface area (Å²) in [5, 5.41) is 5.93. The van der Waals surface area contributed by atoms with Crippen LogP contribution in [0.1, 0.15) is 11.1 Å². The Labute approximate surface area is 117 Å². The normalized spacial score (nSPS) is 13.2. The minimum Gasteiger partial charge on any atom is -0.482 e. The predicted molar refractivity (Wildman–Crippen MR) is 79.4 cm³/mol. The summed E-state index contributed by atoms with van der Waals surface area (Å²) >= 11 is 0. The van der Waals surface area contributed by atoms with Gasteiger partial charge in [0.25, 0.3) is 5.91 Å². The van der Waals surface area contributed by atoms with E-state index in [1.54, 1.807) is 0 Å². The quantitative estimate of drug-likeness (QED) is 0.899. The number of carbonyl (C=O) groups excluding carboxylic acids is 1. The maximum absolute atomic E-state index is 11.3. The number of fused-ring (bicyclic) bond motifs is 1. The minimum absolute atomic E-state index is 0.0951. The van der Waals surface area contributed by atoms with Crippen molar-refractivity contribution in [1.29, 1.82) is 0 Å². The second-order valence-electron chi connectivity index (χ2n) is 4.79. The molecule has 1 aliphatic rings. The van der Waals surface area contributed by atoms with Crippen LogP contribution in [0.5, 0.6) is 5.75 Å². The van der Waals surface area contributed by atoms with Gasteiger partial charge in [0, 0.05) is 12.7 Å². The van der Waals surface area contributed by atoms with E-state index < -0.39 is 0 Å². The standard InChI is InChI=1S/C16H16N2O2/c1-17-13-5-2-11(3-6-13)8-12-4-7-15-14(9-12)18-16(19)10-20-15/h2-7,9,17H,8,10H2,1H3,(H,18,19). The van der Waals surface area contributed by atoms with E-state index in [0.717, 1.165) is 29.1 Å². The Kier molecular flexibility index (Phi) is 3.29. The molecule has 0 aliphatic carbocycles. The molecule has 0 saturated heterocycles. The van der Waals surface area contributed by atoms with Gasteiger partial charge in [-0.2, -0.15) is 0 Å². The van der Waals surface area contributed by atoms with Crippen LogP contribution >= 0.6 is 0 Å². The van der Waals surface area contributed by atoms with Crippen LogP contribution in [-0.2, 0) is 11.2 Å². The van der Waals surface area contributed by atoms with E-state index in [0.29, 0.717) is 0 Å². The van der Waals surface area contributed by atoms with Crippen LogP contribution in [0, 0.1) is 0 Å². The van der Waals surface area contributed by atoms with Crippen molar-refractivity contribution in [2.75, 3.05) is 24.3 Å². The van der Waals surface area contributed by atoms with E-state index in [-0.39, 0.29) is 12.5 Å². The molecule has 0 radical (unpaired) electrons. The number of hydrogen-bond donors (Lipinski definition) is 2. The highest BCUT2D eigenvalue weighted by Gasteiger charge is 2.15. The highest BCUT2D eigenvalue weighted by molar-refractivity contribution is 5.95. The van der Waals surface area contributed by atoms with Crippen LogP contribution in [0.3, 0.4) is 0 Å². The van der Waals surface area contributed by atoms with Gasteiger partial charge in [-0.25, -0.2) is 0 Å². The lowest BCUT2D eigenvalue weighted by Gasteiger charge is -2.18. The van der Waals surface area contributed by atoms with Gasteiger partial charge in [-0.15, -0.1) is 0 Å². The lowest BCUT2D eigenvalue weighted by molar-refractivity contribution is -0.118. The molecular formula is C16H16N2O2. The summed E-state index contributed by atoms with van der Waals surface area (Å²) in [7, 11) is 1.90. The average molecular weight is 268 g/mol. The number of carbonyl (C=O) groups is 1. The third-order valence-electron chi connectivity index (χ3n) is 3.33. The largest absolute Gasteiger partial charge is 0.482 e. The van der Waals surface area contributed by atoms with Crippen molar-refractivity contribution in [3.63, 3.8) is 0 Å².